The molecule has 2 N–H and O–H groups in total. The Balaban J connectivity index is 2.01. The first-order valence-electron chi connectivity index (χ1n) is 8.92. The van der Waals surface area contributed by atoms with Crippen LogP contribution in [0.15, 0.2) is 12.2 Å². The molecule has 1 aliphatic rings. The number of carbonyl (C=O) groups is 2. The van der Waals surface area contributed by atoms with Crippen LogP contribution in [0.2, 0.25) is 0 Å². The minimum Gasteiger partial charge on any atom is -0.464 e. The second kappa shape index (κ2) is 12.1. The average molecular weight is 325 g/mol. The quantitative estimate of drug-likeness (QED) is 0.329. The SMILES string of the molecule is CCCCCCC=CCCCC(O)CC(=O)NC1CCOC1=O. The first-order valence-corrected chi connectivity index (χ1v) is 8.92. The number of nitrogens with one attached hydrogen (secondary N) is 1. The van der Waals surface area contributed by atoms with Crippen LogP contribution in [0.1, 0.15) is 71.1 Å². The molecule has 0 aromatic rings. The van der Waals surface area contributed by atoms with E-state index in [9.17, 15) is 14.7 Å². The van der Waals surface area contributed by atoms with E-state index >= 15 is 0 Å². The molecule has 0 aromatic carbocycles. The van der Waals surface area contributed by atoms with Gasteiger partial charge in [0.1, 0.15) is 6.04 Å². The Morgan fingerprint density at radius 1 is 1.30 bits per heavy atom. The second-order valence-corrected chi connectivity index (χ2v) is 6.19. The summed E-state index contributed by atoms with van der Waals surface area (Å²) in [4.78, 5) is 23.0. The minimum atomic E-state index is -0.648. The number of ether oxygens (including phenoxy) is 1. The smallest absolute Gasteiger partial charge is 0.328 e. The maximum absolute atomic E-state index is 11.7. The number of rotatable bonds is 12. The second-order valence-electron chi connectivity index (χ2n) is 6.19. The van der Waals surface area contributed by atoms with Crippen molar-refractivity contribution in [3.8, 4) is 0 Å². The molecule has 1 aliphatic heterocycles. The van der Waals surface area contributed by atoms with E-state index in [0.717, 1.165) is 19.3 Å². The van der Waals surface area contributed by atoms with Gasteiger partial charge >= 0.3 is 5.97 Å². The number of hydrogen-bond acceptors (Lipinski definition) is 4. The van der Waals surface area contributed by atoms with Gasteiger partial charge in [0.25, 0.3) is 0 Å². The number of esters is 1. The summed E-state index contributed by atoms with van der Waals surface area (Å²) in [6.45, 7) is 2.57. The number of cyclic esters (lactones) is 1. The van der Waals surface area contributed by atoms with Crippen molar-refractivity contribution in [1.82, 2.24) is 5.32 Å². The number of amides is 1. The summed E-state index contributed by atoms with van der Waals surface area (Å²) in [5, 5.41) is 12.5. The van der Waals surface area contributed by atoms with Gasteiger partial charge < -0.3 is 15.2 Å². The van der Waals surface area contributed by atoms with Crippen LogP contribution in [0.3, 0.4) is 0 Å². The van der Waals surface area contributed by atoms with Crippen molar-refractivity contribution in [3.63, 3.8) is 0 Å². The lowest BCUT2D eigenvalue weighted by Gasteiger charge is -2.12. The van der Waals surface area contributed by atoms with Gasteiger partial charge in [-0.3, -0.25) is 4.79 Å². The zero-order valence-electron chi connectivity index (χ0n) is 14.3. The van der Waals surface area contributed by atoms with Crippen LogP contribution in [-0.4, -0.2) is 35.7 Å². The fraction of sp³-hybridized carbons (Fsp3) is 0.778. The number of unbranched alkanes of at least 4 members (excludes halogenated alkanes) is 5. The Morgan fingerprint density at radius 2 is 2.04 bits per heavy atom. The maximum Gasteiger partial charge on any atom is 0.328 e. The monoisotopic (exact) mass is 325 g/mol. The number of carbonyl (C=O) groups excluding carboxylic acids is 2. The molecular formula is C18H31NO4. The van der Waals surface area contributed by atoms with Crippen molar-refractivity contribution in [1.29, 1.82) is 0 Å². The molecule has 0 saturated carbocycles. The van der Waals surface area contributed by atoms with Gasteiger partial charge in [0.15, 0.2) is 0 Å². The van der Waals surface area contributed by atoms with Crippen LogP contribution >= 0.6 is 0 Å². The molecule has 5 heteroatoms. The molecule has 0 radical (unpaired) electrons. The Hall–Kier alpha value is -1.36. The predicted octanol–water partition coefficient (Wildman–Crippen LogP) is 2.87. The normalized spacial score (nSPS) is 19.0. The van der Waals surface area contributed by atoms with Gasteiger partial charge in [-0.25, -0.2) is 4.79 Å². The predicted molar refractivity (Wildman–Crippen MR) is 89.9 cm³/mol. The molecule has 132 valence electrons. The van der Waals surface area contributed by atoms with Gasteiger partial charge in [-0.15, -0.1) is 0 Å². The highest BCUT2D eigenvalue weighted by molar-refractivity contribution is 5.85. The number of aliphatic hydroxyl groups excluding tert-OH is 1. The van der Waals surface area contributed by atoms with Gasteiger partial charge in [0.05, 0.1) is 19.1 Å². The third-order valence-corrected chi connectivity index (χ3v) is 3.99. The van der Waals surface area contributed by atoms with Crippen molar-refractivity contribution < 1.29 is 19.4 Å². The first-order chi connectivity index (χ1) is 11.1. The lowest BCUT2D eigenvalue weighted by atomic mass is 10.1. The molecule has 1 amide bonds. The molecule has 1 heterocycles. The van der Waals surface area contributed by atoms with E-state index in [-0.39, 0.29) is 18.3 Å². The van der Waals surface area contributed by atoms with Crippen LogP contribution in [0.4, 0.5) is 0 Å². The Morgan fingerprint density at radius 3 is 2.70 bits per heavy atom. The molecule has 1 fully saturated rings. The highest BCUT2D eigenvalue weighted by atomic mass is 16.5. The van der Waals surface area contributed by atoms with Gasteiger partial charge in [-0.2, -0.15) is 0 Å². The standard InChI is InChI=1S/C18H31NO4/c1-2-3-4-5-6-7-8-9-10-11-15(20)14-17(21)19-16-12-13-23-18(16)22/h7-8,15-16,20H,2-6,9-14H2,1H3,(H,19,21). The molecule has 0 aromatic heterocycles. The van der Waals surface area contributed by atoms with Crippen LogP contribution in [0.25, 0.3) is 0 Å². The van der Waals surface area contributed by atoms with E-state index in [1.54, 1.807) is 0 Å². The zero-order valence-corrected chi connectivity index (χ0v) is 14.3. The van der Waals surface area contributed by atoms with Crippen LogP contribution < -0.4 is 5.32 Å². The maximum atomic E-state index is 11.7. The molecule has 2 atom stereocenters. The van der Waals surface area contributed by atoms with Gasteiger partial charge in [-0.05, 0) is 32.1 Å². The first kappa shape index (κ1) is 19.7. The van der Waals surface area contributed by atoms with E-state index in [4.69, 9.17) is 4.74 Å². The molecule has 0 spiro atoms. The molecule has 1 saturated heterocycles. The Labute approximate surface area is 139 Å². The topological polar surface area (TPSA) is 75.6 Å². The van der Waals surface area contributed by atoms with Gasteiger partial charge in [0.2, 0.25) is 5.91 Å². The third-order valence-electron chi connectivity index (χ3n) is 3.99. The van der Waals surface area contributed by atoms with E-state index in [2.05, 4.69) is 24.4 Å². The zero-order chi connectivity index (χ0) is 16.9. The van der Waals surface area contributed by atoms with E-state index in [1.165, 1.54) is 25.7 Å². The van der Waals surface area contributed by atoms with Gasteiger partial charge in [-0.1, -0.05) is 38.3 Å². The fourth-order valence-electron chi connectivity index (χ4n) is 2.59. The molecule has 0 aliphatic carbocycles. The summed E-state index contributed by atoms with van der Waals surface area (Å²) in [5.74, 6) is -0.662. The lowest BCUT2D eigenvalue weighted by Crippen LogP contribution is -2.39. The summed E-state index contributed by atoms with van der Waals surface area (Å²) < 4.78 is 4.78. The molecule has 5 nitrogen and oxygen atoms in total. The summed E-state index contributed by atoms with van der Waals surface area (Å²) >= 11 is 0. The molecule has 23 heavy (non-hydrogen) atoms. The van der Waals surface area contributed by atoms with Crippen molar-refractivity contribution in [2.75, 3.05) is 6.61 Å². The van der Waals surface area contributed by atoms with Crippen molar-refractivity contribution in [2.24, 2.45) is 0 Å². The van der Waals surface area contributed by atoms with Gasteiger partial charge in [0, 0.05) is 6.42 Å². The Kier molecular flexibility index (Phi) is 10.4. The van der Waals surface area contributed by atoms with E-state index < -0.39 is 12.1 Å². The summed E-state index contributed by atoms with van der Waals surface area (Å²) in [6.07, 6.45) is 12.9. The summed E-state index contributed by atoms with van der Waals surface area (Å²) in [7, 11) is 0. The van der Waals surface area contributed by atoms with Crippen LogP contribution in [0, 0.1) is 0 Å². The van der Waals surface area contributed by atoms with Crippen molar-refractivity contribution >= 4 is 11.9 Å². The number of allylic oxidation sites excluding steroid dienone is 2. The summed E-state index contributed by atoms with van der Waals surface area (Å²) in [6, 6.07) is -0.537. The van der Waals surface area contributed by atoms with Crippen LogP contribution in [0.5, 0.6) is 0 Å². The lowest BCUT2D eigenvalue weighted by molar-refractivity contribution is -0.141. The fourth-order valence-corrected chi connectivity index (χ4v) is 2.59. The highest BCUT2D eigenvalue weighted by Crippen LogP contribution is 2.09. The molecule has 2 unspecified atom stereocenters. The van der Waals surface area contributed by atoms with Crippen molar-refractivity contribution in [3.05, 3.63) is 12.2 Å². The van der Waals surface area contributed by atoms with Crippen molar-refractivity contribution in [2.45, 2.75) is 83.3 Å². The third kappa shape index (κ3) is 9.39. The molecule has 0 bridgehead atoms. The van der Waals surface area contributed by atoms with E-state index in [1.807, 2.05) is 0 Å². The average Bonchev–Trinajstić information content (AvgIpc) is 2.90. The number of hydrogen-bond donors (Lipinski definition) is 2. The minimum absolute atomic E-state index is 0.0461. The number of aliphatic hydroxyl groups is 1. The molecular weight excluding hydrogens is 294 g/mol. The largest absolute Gasteiger partial charge is 0.464 e. The van der Waals surface area contributed by atoms with Crippen LogP contribution in [-0.2, 0) is 14.3 Å². The Bertz CT molecular complexity index is 381. The molecule has 1 rings (SSSR count). The summed E-state index contributed by atoms with van der Waals surface area (Å²) in [5.41, 5.74) is 0. The van der Waals surface area contributed by atoms with E-state index in [0.29, 0.717) is 19.4 Å². The highest BCUT2D eigenvalue weighted by Gasteiger charge is 2.28.